The zero-order chi connectivity index (χ0) is 29.7. The van der Waals surface area contributed by atoms with Crippen molar-refractivity contribution in [1.82, 2.24) is 15.5 Å². The average Bonchev–Trinajstić information content (AvgIpc) is 3.71. The van der Waals surface area contributed by atoms with E-state index >= 15 is 0 Å². The molecule has 4 saturated carbocycles. The van der Waals surface area contributed by atoms with Gasteiger partial charge < -0.3 is 25.0 Å². The maximum Gasteiger partial charge on any atom is 0.232 e. The molecule has 43 heavy (non-hydrogen) atoms. The lowest BCUT2D eigenvalue weighted by atomic mass is 9.44. The summed E-state index contributed by atoms with van der Waals surface area (Å²) in [6, 6.07) is 0.223. The van der Waals surface area contributed by atoms with E-state index in [0.717, 1.165) is 69.8 Å². The summed E-state index contributed by atoms with van der Waals surface area (Å²) in [7, 11) is 0. The second kappa shape index (κ2) is 10.4. The summed E-state index contributed by atoms with van der Waals surface area (Å²) < 4.78 is 13.5. The number of nitrogens with one attached hydrogen (secondary N) is 2. The Labute approximate surface area is 259 Å². The van der Waals surface area contributed by atoms with Crippen molar-refractivity contribution >= 4 is 11.8 Å². The molecule has 4 saturated heterocycles. The van der Waals surface area contributed by atoms with Gasteiger partial charge in [0.1, 0.15) is 6.42 Å². The molecule has 0 bridgehead atoms. The molecule has 0 radical (unpaired) electrons. The summed E-state index contributed by atoms with van der Waals surface area (Å²) >= 11 is 0. The minimum Gasteiger partial charge on any atom is -0.353 e. The predicted molar refractivity (Wildman–Crippen MR) is 165 cm³/mol. The van der Waals surface area contributed by atoms with Crippen LogP contribution in [0.1, 0.15) is 98.3 Å². The molecular formula is C36H57N3O4. The summed E-state index contributed by atoms with van der Waals surface area (Å²) in [5, 5.41) is 6.75. The lowest BCUT2D eigenvalue weighted by Gasteiger charge is -2.61. The minimum absolute atomic E-state index is 0.0183. The lowest BCUT2D eigenvalue weighted by Crippen LogP contribution is -2.56. The molecule has 8 aliphatic rings. The minimum atomic E-state index is -0.325. The molecule has 2 N–H and O–H groups in total. The molecule has 0 aromatic heterocycles. The lowest BCUT2D eigenvalue weighted by molar-refractivity contribution is -0.273. The van der Waals surface area contributed by atoms with Gasteiger partial charge in [-0.3, -0.25) is 9.59 Å². The van der Waals surface area contributed by atoms with E-state index in [2.05, 4.69) is 38.3 Å². The molecule has 1 spiro atoms. The first kappa shape index (κ1) is 29.2. The predicted octanol–water partition coefficient (Wildman–Crippen LogP) is 4.99. The van der Waals surface area contributed by atoms with Gasteiger partial charge >= 0.3 is 0 Å². The van der Waals surface area contributed by atoms with Crippen LogP contribution in [0.2, 0.25) is 0 Å². The highest BCUT2D eigenvalue weighted by Gasteiger charge is 2.69. The molecule has 4 heterocycles. The van der Waals surface area contributed by atoms with E-state index in [4.69, 9.17) is 9.47 Å². The third-order valence-corrected chi connectivity index (χ3v) is 15.4. The first-order valence-corrected chi connectivity index (χ1v) is 18.2. The van der Waals surface area contributed by atoms with Crippen molar-refractivity contribution in [3.63, 3.8) is 0 Å². The molecule has 2 amide bonds. The molecule has 7 nitrogen and oxygen atoms in total. The maximum atomic E-state index is 13.0. The van der Waals surface area contributed by atoms with Crippen LogP contribution in [-0.2, 0) is 19.1 Å². The van der Waals surface area contributed by atoms with Crippen LogP contribution in [0.5, 0.6) is 0 Å². The van der Waals surface area contributed by atoms with Gasteiger partial charge in [0.2, 0.25) is 11.8 Å². The normalized spacial score (nSPS) is 53.6. The summed E-state index contributed by atoms with van der Waals surface area (Å²) in [6.45, 7) is 14.5. The Hall–Kier alpha value is -1.18. The first-order valence-electron chi connectivity index (χ1n) is 18.2. The number of amides is 2. The zero-order valence-corrected chi connectivity index (χ0v) is 27.2. The quantitative estimate of drug-likeness (QED) is 0.450. The van der Waals surface area contributed by atoms with Gasteiger partial charge in [-0.2, -0.15) is 0 Å². The standard InChI is InChI=1S/C36H57N3O4/c1-21-7-12-36(42-20-21)22(2)33-30(43-36)14-29-27-6-5-25-13-26(8-10-34(25,3)28(27)9-11-35(29,33)4)38-31(40)15-32(41)39-18-23-16-37-17-24(23)19-39/h21-30,33,37H,5-20H2,1-4H3,(H,38,40)/t21-,22+,23?,24?,25-,26+,27-,28+,29+,30+,33+,34+,35+,36-/m1/s1. The van der Waals surface area contributed by atoms with Gasteiger partial charge in [-0.15, -0.1) is 0 Å². The monoisotopic (exact) mass is 595 g/mol. The molecule has 8 rings (SSSR count). The first-order chi connectivity index (χ1) is 20.6. The Morgan fingerprint density at radius 2 is 1.67 bits per heavy atom. The number of hydrogen-bond donors (Lipinski definition) is 2. The van der Waals surface area contributed by atoms with Gasteiger partial charge in [0.15, 0.2) is 5.79 Å². The summed E-state index contributed by atoms with van der Waals surface area (Å²) in [4.78, 5) is 27.9. The van der Waals surface area contributed by atoms with Crippen molar-refractivity contribution in [1.29, 1.82) is 0 Å². The van der Waals surface area contributed by atoms with Crippen molar-refractivity contribution in [2.75, 3.05) is 32.8 Å². The Morgan fingerprint density at radius 1 is 0.907 bits per heavy atom. The average molecular weight is 596 g/mol. The number of carbonyl (C=O) groups excluding carboxylic acids is 2. The molecule has 240 valence electrons. The van der Waals surface area contributed by atoms with E-state index in [1.807, 2.05) is 4.90 Å². The third kappa shape index (κ3) is 4.51. The fourth-order valence-electron chi connectivity index (χ4n) is 13.0. The van der Waals surface area contributed by atoms with Gasteiger partial charge in [-0.25, -0.2) is 0 Å². The van der Waals surface area contributed by atoms with Crippen molar-refractivity contribution < 1.29 is 19.1 Å². The van der Waals surface area contributed by atoms with Crippen molar-refractivity contribution in [3.8, 4) is 0 Å². The second-order valence-electron chi connectivity index (χ2n) is 17.4. The molecule has 14 atom stereocenters. The molecule has 4 aliphatic carbocycles. The molecule has 4 aliphatic heterocycles. The number of fused-ring (bicyclic) bond motifs is 8. The SMILES string of the molecule is C[C@@H]1CC[C@@]2(OC1)O[C@H]1C[C@H]3[C@@H]4CC[C@@H]5C[C@@H](NC(=O)CC(=O)N6CC7CNCC7C6)CC[C@]5(C)[C@H]4CC[C@]3(C)[C@H]1[C@@H]2C. The number of likely N-dealkylation sites (tertiary alicyclic amines) is 1. The maximum absolute atomic E-state index is 13.0. The van der Waals surface area contributed by atoms with Gasteiger partial charge in [0.25, 0.3) is 0 Å². The zero-order valence-electron chi connectivity index (χ0n) is 27.2. The largest absolute Gasteiger partial charge is 0.353 e. The second-order valence-corrected chi connectivity index (χ2v) is 17.4. The number of rotatable bonds is 3. The van der Waals surface area contributed by atoms with Crippen LogP contribution in [-0.4, -0.2) is 67.4 Å². The molecular weight excluding hydrogens is 538 g/mol. The smallest absolute Gasteiger partial charge is 0.232 e. The Kier molecular flexibility index (Phi) is 7.08. The highest BCUT2D eigenvalue weighted by Crippen LogP contribution is 2.71. The van der Waals surface area contributed by atoms with Crippen LogP contribution in [0.25, 0.3) is 0 Å². The van der Waals surface area contributed by atoms with Crippen LogP contribution >= 0.6 is 0 Å². The number of ether oxygens (including phenoxy) is 2. The number of hydrogen-bond acceptors (Lipinski definition) is 5. The van der Waals surface area contributed by atoms with Crippen LogP contribution in [0.15, 0.2) is 0 Å². The summed E-state index contributed by atoms with van der Waals surface area (Å²) in [5.41, 5.74) is 0.739. The van der Waals surface area contributed by atoms with Gasteiger partial charge in [-0.1, -0.05) is 27.7 Å². The van der Waals surface area contributed by atoms with Crippen LogP contribution < -0.4 is 10.6 Å². The van der Waals surface area contributed by atoms with E-state index in [9.17, 15) is 9.59 Å². The Morgan fingerprint density at radius 3 is 2.42 bits per heavy atom. The molecule has 8 fully saturated rings. The molecule has 0 aromatic carbocycles. The molecule has 7 heteroatoms. The summed E-state index contributed by atoms with van der Waals surface area (Å²) in [5.74, 6) is 5.59. The Bertz CT molecular complexity index is 1110. The van der Waals surface area contributed by atoms with Crippen LogP contribution in [0, 0.1) is 64.1 Å². The number of nitrogens with zero attached hydrogens (tertiary/aromatic N) is 1. The van der Waals surface area contributed by atoms with E-state index in [-0.39, 0.29) is 30.1 Å². The Balaban J connectivity index is 0.888. The van der Waals surface area contributed by atoms with E-state index in [1.54, 1.807) is 0 Å². The third-order valence-electron chi connectivity index (χ3n) is 15.4. The number of carbonyl (C=O) groups is 2. The van der Waals surface area contributed by atoms with Crippen LogP contribution in [0.4, 0.5) is 0 Å². The van der Waals surface area contributed by atoms with Gasteiger partial charge in [0.05, 0.1) is 12.7 Å². The van der Waals surface area contributed by atoms with Gasteiger partial charge in [-0.05, 0) is 116 Å². The van der Waals surface area contributed by atoms with Crippen LogP contribution in [0.3, 0.4) is 0 Å². The highest BCUT2D eigenvalue weighted by molar-refractivity contribution is 5.97. The van der Waals surface area contributed by atoms with Crippen molar-refractivity contribution in [3.05, 3.63) is 0 Å². The molecule has 0 aromatic rings. The van der Waals surface area contributed by atoms with Gasteiger partial charge in [0, 0.05) is 44.6 Å². The topological polar surface area (TPSA) is 79.9 Å². The molecule has 2 unspecified atom stereocenters. The van der Waals surface area contributed by atoms with E-state index in [1.165, 1.54) is 44.9 Å². The summed E-state index contributed by atoms with van der Waals surface area (Å²) in [6.07, 6.45) is 12.6. The van der Waals surface area contributed by atoms with E-state index in [0.29, 0.717) is 52.4 Å². The van der Waals surface area contributed by atoms with Crippen molar-refractivity contribution in [2.24, 2.45) is 64.1 Å². The fraction of sp³-hybridized carbons (Fsp3) is 0.944. The highest BCUT2D eigenvalue weighted by atomic mass is 16.7. The van der Waals surface area contributed by atoms with Crippen molar-refractivity contribution in [2.45, 2.75) is 116 Å². The fourth-order valence-corrected chi connectivity index (χ4v) is 13.0. The van der Waals surface area contributed by atoms with E-state index < -0.39 is 0 Å².